The van der Waals surface area contributed by atoms with Crippen molar-refractivity contribution in [3.63, 3.8) is 0 Å². The molecule has 1 saturated carbocycles. The van der Waals surface area contributed by atoms with Crippen LogP contribution in [0.1, 0.15) is 38.7 Å². The van der Waals surface area contributed by atoms with Crippen LogP contribution >= 0.6 is 11.8 Å². The van der Waals surface area contributed by atoms with Crippen molar-refractivity contribution in [2.45, 2.75) is 51.0 Å². The van der Waals surface area contributed by atoms with Crippen LogP contribution in [0.4, 0.5) is 0 Å². The van der Waals surface area contributed by atoms with Gasteiger partial charge in [0.1, 0.15) is 0 Å². The summed E-state index contributed by atoms with van der Waals surface area (Å²) in [5.41, 5.74) is 1.25. The summed E-state index contributed by atoms with van der Waals surface area (Å²) in [6, 6.07) is 8.71. The van der Waals surface area contributed by atoms with Gasteiger partial charge in [-0.2, -0.15) is 0 Å². The molecule has 1 aromatic carbocycles. The van der Waals surface area contributed by atoms with E-state index in [-0.39, 0.29) is 5.91 Å². The van der Waals surface area contributed by atoms with Crippen molar-refractivity contribution < 1.29 is 4.79 Å². The molecule has 1 aliphatic rings. The van der Waals surface area contributed by atoms with E-state index in [2.05, 4.69) is 50.4 Å². The molecule has 1 amide bonds. The number of carbonyl (C=O) groups is 1. The number of hydrogen-bond donors (Lipinski definition) is 1. The third kappa shape index (κ3) is 4.27. The SMILES string of the molecule is Cc1ccc(SCC(=O)N[C@@H]2CCC[C@@H](C)[C@H]2C)cc1. The van der Waals surface area contributed by atoms with Crippen LogP contribution in [0.2, 0.25) is 0 Å². The van der Waals surface area contributed by atoms with E-state index in [1.54, 1.807) is 11.8 Å². The van der Waals surface area contributed by atoms with Crippen LogP contribution in [0.25, 0.3) is 0 Å². The highest BCUT2D eigenvalue weighted by molar-refractivity contribution is 8.00. The Morgan fingerprint density at radius 3 is 2.65 bits per heavy atom. The molecule has 1 aromatic rings. The zero-order valence-corrected chi connectivity index (χ0v) is 13.5. The van der Waals surface area contributed by atoms with E-state index in [0.717, 1.165) is 17.2 Å². The first kappa shape index (κ1) is 15.4. The fourth-order valence-corrected chi connectivity index (χ4v) is 3.53. The second kappa shape index (κ2) is 7.16. The molecule has 2 rings (SSSR count). The third-order valence-electron chi connectivity index (χ3n) is 4.44. The molecule has 0 aromatic heterocycles. The molecule has 1 N–H and O–H groups in total. The standard InChI is InChI=1S/C17H25NOS/c1-12-7-9-15(10-8-12)20-11-17(19)18-16-6-4-5-13(2)14(16)3/h7-10,13-14,16H,4-6,11H2,1-3H3,(H,18,19)/t13-,14-,16-/m1/s1. The molecule has 0 unspecified atom stereocenters. The fraction of sp³-hybridized carbons (Fsp3) is 0.588. The van der Waals surface area contributed by atoms with Crippen molar-refractivity contribution in [3.8, 4) is 0 Å². The number of aryl methyl sites for hydroxylation is 1. The molecule has 0 bridgehead atoms. The Labute approximate surface area is 126 Å². The van der Waals surface area contributed by atoms with Crippen LogP contribution in [0, 0.1) is 18.8 Å². The lowest BCUT2D eigenvalue weighted by atomic mass is 9.78. The number of amides is 1. The summed E-state index contributed by atoms with van der Waals surface area (Å²) in [6.07, 6.45) is 3.67. The summed E-state index contributed by atoms with van der Waals surface area (Å²) in [7, 11) is 0. The molecule has 3 atom stereocenters. The largest absolute Gasteiger partial charge is 0.352 e. The van der Waals surface area contributed by atoms with Gasteiger partial charge in [0.15, 0.2) is 0 Å². The predicted octanol–water partition coefficient (Wildman–Crippen LogP) is 4.03. The van der Waals surface area contributed by atoms with Gasteiger partial charge in [0.05, 0.1) is 5.75 Å². The zero-order valence-electron chi connectivity index (χ0n) is 12.7. The molecule has 1 fully saturated rings. The highest BCUT2D eigenvalue weighted by atomic mass is 32.2. The number of hydrogen-bond acceptors (Lipinski definition) is 2. The van der Waals surface area contributed by atoms with Gasteiger partial charge in [-0.05, 0) is 37.3 Å². The van der Waals surface area contributed by atoms with E-state index in [1.807, 2.05) is 0 Å². The summed E-state index contributed by atoms with van der Waals surface area (Å²) in [5, 5.41) is 3.22. The summed E-state index contributed by atoms with van der Waals surface area (Å²) in [6.45, 7) is 6.64. The summed E-state index contributed by atoms with van der Waals surface area (Å²) in [4.78, 5) is 13.2. The van der Waals surface area contributed by atoms with E-state index in [4.69, 9.17) is 0 Å². The average molecular weight is 291 g/mol. The van der Waals surface area contributed by atoms with E-state index in [0.29, 0.717) is 17.7 Å². The second-order valence-electron chi connectivity index (χ2n) is 6.04. The van der Waals surface area contributed by atoms with Gasteiger partial charge < -0.3 is 5.32 Å². The first-order chi connectivity index (χ1) is 9.56. The van der Waals surface area contributed by atoms with Gasteiger partial charge in [-0.15, -0.1) is 11.8 Å². The Balaban J connectivity index is 1.79. The molecule has 3 heteroatoms. The molecule has 0 spiro atoms. The van der Waals surface area contributed by atoms with Crippen molar-refractivity contribution >= 4 is 17.7 Å². The van der Waals surface area contributed by atoms with Crippen LogP contribution in [-0.4, -0.2) is 17.7 Å². The van der Waals surface area contributed by atoms with Crippen molar-refractivity contribution in [2.75, 3.05) is 5.75 Å². The van der Waals surface area contributed by atoms with Crippen molar-refractivity contribution in [1.29, 1.82) is 0 Å². The molecule has 110 valence electrons. The van der Waals surface area contributed by atoms with Gasteiger partial charge in [0.2, 0.25) is 5.91 Å². The fourth-order valence-electron chi connectivity index (χ4n) is 2.82. The number of benzene rings is 1. The maximum Gasteiger partial charge on any atom is 0.230 e. The molecule has 20 heavy (non-hydrogen) atoms. The van der Waals surface area contributed by atoms with Crippen LogP contribution in [0.15, 0.2) is 29.2 Å². The molecule has 0 saturated heterocycles. The summed E-state index contributed by atoms with van der Waals surface area (Å²) < 4.78 is 0. The van der Waals surface area contributed by atoms with Crippen LogP contribution in [0.3, 0.4) is 0 Å². The number of nitrogens with one attached hydrogen (secondary N) is 1. The van der Waals surface area contributed by atoms with E-state index >= 15 is 0 Å². The molecule has 2 nitrogen and oxygen atoms in total. The van der Waals surface area contributed by atoms with E-state index in [9.17, 15) is 4.79 Å². The van der Waals surface area contributed by atoms with E-state index < -0.39 is 0 Å². The predicted molar refractivity (Wildman–Crippen MR) is 86.0 cm³/mol. The molecular formula is C17H25NOS. The molecular weight excluding hydrogens is 266 g/mol. The van der Waals surface area contributed by atoms with Gasteiger partial charge in [0.25, 0.3) is 0 Å². The Morgan fingerprint density at radius 1 is 1.25 bits per heavy atom. The summed E-state index contributed by atoms with van der Waals surface area (Å²) in [5.74, 6) is 2.00. The monoisotopic (exact) mass is 291 g/mol. The Hall–Kier alpha value is -0.960. The van der Waals surface area contributed by atoms with Gasteiger partial charge >= 0.3 is 0 Å². The van der Waals surface area contributed by atoms with Crippen molar-refractivity contribution in [1.82, 2.24) is 5.32 Å². The minimum Gasteiger partial charge on any atom is -0.352 e. The molecule has 0 heterocycles. The highest BCUT2D eigenvalue weighted by Crippen LogP contribution is 2.29. The van der Waals surface area contributed by atoms with Crippen LogP contribution in [0.5, 0.6) is 0 Å². The Bertz CT molecular complexity index is 443. The Kier molecular flexibility index (Phi) is 5.53. The minimum absolute atomic E-state index is 0.168. The number of carbonyl (C=O) groups excluding carboxylic acids is 1. The van der Waals surface area contributed by atoms with Crippen molar-refractivity contribution in [3.05, 3.63) is 29.8 Å². The second-order valence-corrected chi connectivity index (χ2v) is 7.09. The normalized spacial score (nSPS) is 26.2. The van der Waals surface area contributed by atoms with Gasteiger partial charge in [-0.3, -0.25) is 4.79 Å². The van der Waals surface area contributed by atoms with E-state index in [1.165, 1.54) is 18.4 Å². The zero-order chi connectivity index (χ0) is 14.5. The number of rotatable bonds is 4. The Morgan fingerprint density at radius 2 is 1.95 bits per heavy atom. The lowest BCUT2D eigenvalue weighted by molar-refractivity contribution is -0.119. The van der Waals surface area contributed by atoms with Crippen LogP contribution in [-0.2, 0) is 4.79 Å². The first-order valence-corrected chi connectivity index (χ1v) is 8.53. The lowest BCUT2D eigenvalue weighted by Gasteiger charge is -2.34. The van der Waals surface area contributed by atoms with Crippen LogP contribution < -0.4 is 5.32 Å². The number of thioether (sulfide) groups is 1. The highest BCUT2D eigenvalue weighted by Gasteiger charge is 2.27. The summed E-state index contributed by atoms with van der Waals surface area (Å²) >= 11 is 1.62. The first-order valence-electron chi connectivity index (χ1n) is 7.55. The van der Waals surface area contributed by atoms with Gasteiger partial charge in [-0.25, -0.2) is 0 Å². The van der Waals surface area contributed by atoms with Crippen molar-refractivity contribution in [2.24, 2.45) is 11.8 Å². The maximum absolute atomic E-state index is 12.1. The average Bonchev–Trinajstić information content (AvgIpc) is 2.43. The van der Waals surface area contributed by atoms with Gasteiger partial charge in [0, 0.05) is 10.9 Å². The minimum atomic E-state index is 0.168. The third-order valence-corrected chi connectivity index (χ3v) is 5.46. The molecule has 0 radical (unpaired) electrons. The quantitative estimate of drug-likeness (QED) is 0.849. The maximum atomic E-state index is 12.1. The molecule has 1 aliphatic carbocycles. The molecule has 0 aliphatic heterocycles. The van der Waals surface area contributed by atoms with Gasteiger partial charge in [-0.1, -0.05) is 44.4 Å². The smallest absolute Gasteiger partial charge is 0.230 e. The topological polar surface area (TPSA) is 29.1 Å². The lowest BCUT2D eigenvalue weighted by Crippen LogP contribution is -2.44.